The third kappa shape index (κ3) is 5.95. The van der Waals surface area contributed by atoms with Gasteiger partial charge in [-0.3, -0.25) is 4.79 Å². The van der Waals surface area contributed by atoms with Crippen molar-refractivity contribution < 1.29 is 14.3 Å². The number of nitrogens with one attached hydrogen (secondary N) is 1. The number of carbonyl (C=O) groups excluding carboxylic acids is 1. The van der Waals surface area contributed by atoms with Crippen molar-refractivity contribution in [3.63, 3.8) is 0 Å². The van der Waals surface area contributed by atoms with Crippen molar-refractivity contribution >= 4 is 17.3 Å². The quantitative estimate of drug-likeness (QED) is 0.741. The van der Waals surface area contributed by atoms with Gasteiger partial charge in [0.2, 0.25) is 5.91 Å². The molecule has 0 spiro atoms. The van der Waals surface area contributed by atoms with E-state index in [1.807, 2.05) is 36.4 Å². The lowest BCUT2D eigenvalue weighted by molar-refractivity contribution is -0.121. The normalized spacial score (nSPS) is 14.7. The number of hydrogen-bond acceptors (Lipinski definition) is 5. The molecule has 2 aromatic carbocycles. The number of carbonyl (C=O) groups is 1. The van der Waals surface area contributed by atoms with Crippen molar-refractivity contribution in [2.45, 2.75) is 20.5 Å². The summed E-state index contributed by atoms with van der Waals surface area (Å²) >= 11 is 0. The predicted molar refractivity (Wildman–Crippen MR) is 117 cm³/mol. The Morgan fingerprint density at radius 3 is 2.59 bits per heavy atom. The monoisotopic (exact) mass is 397 g/mol. The summed E-state index contributed by atoms with van der Waals surface area (Å²) in [4.78, 5) is 17.1. The van der Waals surface area contributed by atoms with Gasteiger partial charge in [-0.05, 0) is 54.9 Å². The minimum atomic E-state index is -0.156. The van der Waals surface area contributed by atoms with E-state index in [9.17, 15) is 4.79 Å². The van der Waals surface area contributed by atoms with Gasteiger partial charge in [0, 0.05) is 37.6 Å². The lowest BCUT2D eigenvalue weighted by atomic mass is 10.1. The van der Waals surface area contributed by atoms with E-state index in [0.29, 0.717) is 6.61 Å². The number of amides is 1. The number of benzene rings is 2. The van der Waals surface area contributed by atoms with Crippen LogP contribution in [0.3, 0.4) is 0 Å². The van der Waals surface area contributed by atoms with Crippen LogP contribution < -0.4 is 15.0 Å². The fourth-order valence-corrected chi connectivity index (χ4v) is 3.61. The van der Waals surface area contributed by atoms with E-state index in [2.05, 4.69) is 35.0 Å². The number of methoxy groups -OCH3 is 1. The maximum Gasteiger partial charge on any atom is 0.250 e. The summed E-state index contributed by atoms with van der Waals surface area (Å²) < 4.78 is 10.7. The Bertz CT molecular complexity index is 817. The van der Waals surface area contributed by atoms with Gasteiger partial charge in [0.1, 0.15) is 12.4 Å². The van der Waals surface area contributed by atoms with E-state index >= 15 is 0 Å². The molecule has 0 atom stereocenters. The molecule has 2 aromatic rings. The molecule has 156 valence electrons. The van der Waals surface area contributed by atoms with Crippen molar-refractivity contribution in [2.75, 3.05) is 56.7 Å². The second-order valence-electron chi connectivity index (χ2n) is 7.32. The summed E-state index contributed by atoms with van der Waals surface area (Å²) in [6.07, 6.45) is 0. The molecule has 0 bridgehead atoms. The summed E-state index contributed by atoms with van der Waals surface area (Å²) in [6.45, 7) is 10.1. The van der Waals surface area contributed by atoms with E-state index in [4.69, 9.17) is 9.47 Å². The minimum Gasteiger partial charge on any atom is -0.497 e. The standard InChI is InChI=1S/C23H31N3O3/c1-4-25-10-12-26(13-11-25)22-9-8-20(14-18(22)2)24-23(27)17-29-16-19-6-5-7-21(15-19)28-3/h5-9,14-15H,4,10-13,16-17H2,1-3H3,(H,24,27). The first-order valence-electron chi connectivity index (χ1n) is 10.2. The SMILES string of the molecule is CCN1CCN(c2ccc(NC(=O)COCc3cccc(OC)c3)cc2C)CC1. The van der Waals surface area contributed by atoms with Crippen LogP contribution in [-0.2, 0) is 16.1 Å². The van der Waals surface area contributed by atoms with Gasteiger partial charge in [0.05, 0.1) is 13.7 Å². The van der Waals surface area contributed by atoms with E-state index in [-0.39, 0.29) is 12.5 Å². The molecule has 0 saturated carbocycles. The Morgan fingerprint density at radius 2 is 1.90 bits per heavy atom. The predicted octanol–water partition coefficient (Wildman–Crippen LogP) is 3.30. The zero-order valence-electron chi connectivity index (χ0n) is 17.6. The highest BCUT2D eigenvalue weighted by molar-refractivity contribution is 5.92. The van der Waals surface area contributed by atoms with E-state index < -0.39 is 0 Å². The minimum absolute atomic E-state index is 0.0109. The van der Waals surface area contributed by atoms with Gasteiger partial charge in [0.25, 0.3) is 0 Å². The van der Waals surface area contributed by atoms with Gasteiger partial charge < -0.3 is 24.6 Å². The molecule has 0 aliphatic carbocycles. The molecule has 1 aliphatic rings. The molecule has 0 unspecified atom stereocenters. The second kappa shape index (κ2) is 10.3. The average Bonchev–Trinajstić information content (AvgIpc) is 2.74. The summed E-state index contributed by atoms with van der Waals surface area (Å²) in [6, 6.07) is 13.7. The zero-order chi connectivity index (χ0) is 20.6. The van der Waals surface area contributed by atoms with Crippen molar-refractivity contribution in [2.24, 2.45) is 0 Å². The van der Waals surface area contributed by atoms with Crippen LogP contribution in [0.1, 0.15) is 18.1 Å². The topological polar surface area (TPSA) is 54.0 Å². The lowest BCUT2D eigenvalue weighted by Crippen LogP contribution is -2.46. The number of ether oxygens (including phenoxy) is 2. The van der Waals surface area contributed by atoms with Crippen molar-refractivity contribution in [1.29, 1.82) is 0 Å². The zero-order valence-corrected chi connectivity index (χ0v) is 17.6. The van der Waals surface area contributed by atoms with Crippen LogP contribution in [0.15, 0.2) is 42.5 Å². The van der Waals surface area contributed by atoms with Crippen molar-refractivity contribution in [3.05, 3.63) is 53.6 Å². The van der Waals surface area contributed by atoms with Crippen LogP contribution in [0.4, 0.5) is 11.4 Å². The number of piperazine rings is 1. The third-order valence-corrected chi connectivity index (χ3v) is 5.28. The van der Waals surface area contributed by atoms with Crippen molar-refractivity contribution in [3.8, 4) is 5.75 Å². The van der Waals surface area contributed by atoms with Crippen LogP contribution >= 0.6 is 0 Å². The number of rotatable bonds is 8. The summed E-state index contributed by atoms with van der Waals surface area (Å²) in [5.74, 6) is 0.624. The van der Waals surface area contributed by atoms with Crippen LogP contribution in [0.25, 0.3) is 0 Å². The molecule has 1 aliphatic heterocycles. The molecule has 0 radical (unpaired) electrons. The average molecular weight is 398 g/mol. The van der Waals surface area contributed by atoms with Gasteiger partial charge in [-0.25, -0.2) is 0 Å². The summed E-state index contributed by atoms with van der Waals surface area (Å²) in [5.41, 5.74) is 4.19. The Labute approximate surface area is 173 Å². The number of aryl methyl sites for hydroxylation is 1. The molecule has 1 saturated heterocycles. The second-order valence-corrected chi connectivity index (χ2v) is 7.32. The summed E-state index contributed by atoms with van der Waals surface area (Å²) in [5, 5.41) is 2.92. The summed E-state index contributed by atoms with van der Waals surface area (Å²) in [7, 11) is 1.63. The Kier molecular flexibility index (Phi) is 7.49. The first-order valence-corrected chi connectivity index (χ1v) is 10.2. The highest BCUT2D eigenvalue weighted by atomic mass is 16.5. The van der Waals surface area contributed by atoms with Gasteiger partial charge in [0.15, 0.2) is 0 Å². The Hall–Kier alpha value is -2.57. The molecule has 1 heterocycles. The van der Waals surface area contributed by atoms with Gasteiger partial charge >= 0.3 is 0 Å². The fourth-order valence-electron chi connectivity index (χ4n) is 3.61. The molecule has 0 aromatic heterocycles. The molecule has 1 N–H and O–H groups in total. The molecule has 6 heteroatoms. The molecule has 1 fully saturated rings. The Balaban J connectivity index is 1.48. The molecule has 6 nitrogen and oxygen atoms in total. The maximum atomic E-state index is 12.2. The van der Waals surface area contributed by atoms with Crippen LogP contribution in [-0.4, -0.2) is 57.2 Å². The van der Waals surface area contributed by atoms with Gasteiger partial charge in [-0.2, -0.15) is 0 Å². The largest absolute Gasteiger partial charge is 0.497 e. The first kappa shape index (κ1) is 21.1. The fraction of sp³-hybridized carbons (Fsp3) is 0.435. The van der Waals surface area contributed by atoms with Crippen LogP contribution in [0.5, 0.6) is 5.75 Å². The van der Waals surface area contributed by atoms with E-state index in [1.54, 1.807) is 7.11 Å². The number of nitrogens with zero attached hydrogens (tertiary/aromatic N) is 2. The molecular weight excluding hydrogens is 366 g/mol. The Morgan fingerprint density at radius 1 is 1.10 bits per heavy atom. The molecule has 29 heavy (non-hydrogen) atoms. The third-order valence-electron chi connectivity index (χ3n) is 5.28. The molecule has 3 rings (SSSR count). The number of likely N-dealkylation sites (N-methyl/N-ethyl adjacent to an activating group) is 1. The van der Waals surface area contributed by atoms with Gasteiger partial charge in [-0.1, -0.05) is 19.1 Å². The van der Waals surface area contributed by atoms with E-state index in [0.717, 1.165) is 49.7 Å². The molecule has 1 amide bonds. The highest BCUT2D eigenvalue weighted by Crippen LogP contribution is 2.24. The number of anilines is 2. The lowest BCUT2D eigenvalue weighted by Gasteiger charge is -2.36. The van der Waals surface area contributed by atoms with Crippen LogP contribution in [0.2, 0.25) is 0 Å². The first-order chi connectivity index (χ1) is 14.1. The smallest absolute Gasteiger partial charge is 0.250 e. The highest BCUT2D eigenvalue weighted by Gasteiger charge is 2.17. The van der Waals surface area contributed by atoms with E-state index in [1.165, 1.54) is 11.3 Å². The van der Waals surface area contributed by atoms with Crippen LogP contribution in [0, 0.1) is 6.92 Å². The molecular formula is C23H31N3O3. The van der Waals surface area contributed by atoms with Gasteiger partial charge in [-0.15, -0.1) is 0 Å². The van der Waals surface area contributed by atoms with Crippen molar-refractivity contribution in [1.82, 2.24) is 4.90 Å². The number of hydrogen-bond donors (Lipinski definition) is 1. The maximum absolute atomic E-state index is 12.2.